The molecular weight excluding hydrogens is 264 g/mol. The van der Waals surface area contributed by atoms with Crippen molar-refractivity contribution in [3.05, 3.63) is 66.1 Å². The Morgan fingerprint density at radius 1 is 1.10 bits per heavy atom. The Bertz CT molecular complexity index is 845. The molecule has 5 heteroatoms. The smallest absolute Gasteiger partial charge is 0.274 e. The summed E-state index contributed by atoms with van der Waals surface area (Å²) in [5.41, 5.74) is 2.02. The first-order valence-electron chi connectivity index (χ1n) is 6.29. The number of pyridine rings is 2. The van der Waals surface area contributed by atoms with Crippen LogP contribution in [0.15, 0.2) is 54.9 Å². The van der Waals surface area contributed by atoms with Crippen LogP contribution in [-0.2, 0) is 0 Å². The Morgan fingerprint density at radius 3 is 2.71 bits per heavy atom. The zero-order chi connectivity index (χ0) is 14.7. The molecule has 100 valence electrons. The maximum atomic E-state index is 12.2. The standard InChI is InChI=1S/C16H10N4O/c17-9-11-6-7-14(19-10-11)16(21)20-13-5-1-3-12-4-2-8-18-15(12)13/h1-8,10H,(H,20,21). The molecule has 0 unspecified atom stereocenters. The number of benzene rings is 1. The van der Waals surface area contributed by atoms with Gasteiger partial charge in [-0.3, -0.25) is 9.78 Å². The predicted octanol–water partition coefficient (Wildman–Crippen LogP) is 2.75. The number of carbonyl (C=O) groups excluding carboxylic acids is 1. The van der Waals surface area contributed by atoms with E-state index in [0.717, 1.165) is 10.9 Å². The number of aromatic nitrogens is 2. The van der Waals surface area contributed by atoms with E-state index in [0.29, 0.717) is 11.3 Å². The quantitative estimate of drug-likeness (QED) is 0.779. The third-order valence-electron chi connectivity index (χ3n) is 3.01. The molecular formula is C16H10N4O. The van der Waals surface area contributed by atoms with Gasteiger partial charge in [-0.25, -0.2) is 4.98 Å². The van der Waals surface area contributed by atoms with Crippen LogP contribution in [-0.4, -0.2) is 15.9 Å². The van der Waals surface area contributed by atoms with Gasteiger partial charge in [0.2, 0.25) is 0 Å². The highest BCUT2D eigenvalue weighted by atomic mass is 16.1. The van der Waals surface area contributed by atoms with E-state index < -0.39 is 0 Å². The Kier molecular flexibility index (Phi) is 3.27. The number of fused-ring (bicyclic) bond motifs is 1. The van der Waals surface area contributed by atoms with E-state index in [1.165, 1.54) is 12.3 Å². The summed E-state index contributed by atoms with van der Waals surface area (Å²) in [5.74, 6) is -0.336. The first-order valence-corrected chi connectivity index (χ1v) is 6.29. The molecule has 1 N–H and O–H groups in total. The fourth-order valence-corrected chi connectivity index (χ4v) is 1.99. The summed E-state index contributed by atoms with van der Waals surface area (Å²) in [6.45, 7) is 0. The maximum absolute atomic E-state index is 12.2. The molecule has 0 spiro atoms. The molecule has 3 aromatic rings. The van der Waals surface area contributed by atoms with E-state index in [1.807, 2.05) is 30.3 Å². The molecule has 0 aliphatic rings. The van der Waals surface area contributed by atoms with Crippen molar-refractivity contribution in [2.75, 3.05) is 5.32 Å². The fourth-order valence-electron chi connectivity index (χ4n) is 1.99. The summed E-state index contributed by atoms with van der Waals surface area (Å²) in [7, 11) is 0. The lowest BCUT2D eigenvalue weighted by Crippen LogP contribution is -2.14. The third kappa shape index (κ3) is 2.55. The molecule has 0 saturated heterocycles. The van der Waals surface area contributed by atoms with Crippen LogP contribution in [0.4, 0.5) is 5.69 Å². The number of nitrogens with zero attached hydrogens (tertiary/aromatic N) is 3. The molecule has 3 rings (SSSR count). The topological polar surface area (TPSA) is 78.7 Å². The largest absolute Gasteiger partial charge is 0.319 e. The van der Waals surface area contributed by atoms with Gasteiger partial charge in [-0.2, -0.15) is 5.26 Å². The summed E-state index contributed by atoms with van der Waals surface area (Å²) in [4.78, 5) is 20.4. The molecule has 1 amide bonds. The van der Waals surface area contributed by atoms with Crippen LogP contribution in [0.3, 0.4) is 0 Å². The minimum atomic E-state index is -0.336. The third-order valence-corrected chi connectivity index (χ3v) is 3.01. The van der Waals surface area contributed by atoms with Gasteiger partial charge in [0.1, 0.15) is 11.8 Å². The first-order chi connectivity index (χ1) is 10.3. The van der Waals surface area contributed by atoms with E-state index >= 15 is 0 Å². The highest BCUT2D eigenvalue weighted by Crippen LogP contribution is 2.21. The number of nitrogens with one attached hydrogen (secondary N) is 1. The molecule has 0 atom stereocenters. The molecule has 0 bridgehead atoms. The van der Waals surface area contributed by atoms with E-state index in [1.54, 1.807) is 18.3 Å². The van der Waals surface area contributed by atoms with E-state index in [2.05, 4.69) is 15.3 Å². The predicted molar refractivity (Wildman–Crippen MR) is 78.6 cm³/mol. The second-order valence-corrected chi connectivity index (χ2v) is 4.38. The summed E-state index contributed by atoms with van der Waals surface area (Å²) >= 11 is 0. The number of hydrogen-bond donors (Lipinski definition) is 1. The van der Waals surface area contributed by atoms with E-state index in [9.17, 15) is 4.79 Å². The van der Waals surface area contributed by atoms with Gasteiger partial charge in [0.05, 0.1) is 16.8 Å². The Balaban J connectivity index is 1.91. The van der Waals surface area contributed by atoms with Crippen molar-refractivity contribution in [3.8, 4) is 6.07 Å². The Labute approximate surface area is 120 Å². The number of amides is 1. The molecule has 0 saturated carbocycles. The van der Waals surface area contributed by atoms with Crippen molar-refractivity contribution in [1.29, 1.82) is 5.26 Å². The molecule has 21 heavy (non-hydrogen) atoms. The first kappa shape index (κ1) is 12.8. The number of anilines is 1. The average Bonchev–Trinajstić information content (AvgIpc) is 2.55. The summed E-state index contributed by atoms with van der Waals surface area (Å²) in [6.07, 6.45) is 3.05. The normalized spacial score (nSPS) is 10.0. The zero-order valence-electron chi connectivity index (χ0n) is 10.9. The van der Waals surface area contributed by atoms with Crippen LogP contribution >= 0.6 is 0 Å². The molecule has 5 nitrogen and oxygen atoms in total. The van der Waals surface area contributed by atoms with Crippen LogP contribution in [0.5, 0.6) is 0 Å². The Hall–Kier alpha value is -3.26. The minimum Gasteiger partial charge on any atom is -0.319 e. The molecule has 1 aromatic carbocycles. The molecule has 0 aliphatic carbocycles. The van der Waals surface area contributed by atoms with Crippen molar-refractivity contribution in [2.24, 2.45) is 0 Å². The van der Waals surface area contributed by atoms with Crippen LogP contribution in [0.2, 0.25) is 0 Å². The van der Waals surface area contributed by atoms with E-state index in [-0.39, 0.29) is 11.6 Å². The van der Waals surface area contributed by atoms with Crippen molar-refractivity contribution < 1.29 is 4.79 Å². The van der Waals surface area contributed by atoms with Gasteiger partial charge in [0, 0.05) is 17.8 Å². The molecule has 2 heterocycles. The van der Waals surface area contributed by atoms with Gasteiger partial charge in [-0.05, 0) is 24.3 Å². The SMILES string of the molecule is N#Cc1ccc(C(=O)Nc2cccc3cccnc23)nc1. The summed E-state index contributed by atoms with van der Waals surface area (Å²) < 4.78 is 0. The monoisotopic (exact) mass is 274 g/mol. The highest BCUT2D eigenvalue weighted by molar-refractivity contribution is 6.07. The van der Waals surface area contributed by atoms with Gasteiger partial charge in [0.15, 0.2) is 0 Å². The highest BCUT2D eigenvalue weighted by Gasteiger charge is 2.10. The van der Waals surface area contributed by atoms with Crippen molar-refractivity contribution in [3.63, 3.8) is 0 Å². The molecule has 2 aromatic heterocycles. The van der Waals surface area contributed by atoms with Crippen molar-refractivity contribution >= 4 is 22.5 Å². The number of rotatable bonds is 2. The molecule has 0 aliphatic heterocycles. The summed E-state index contributed by atoms with van der Waals surface area (Å²) in [6, 6.07) is 14.4. The lowest BCUT2D eigenvalue weighted by atomic mass is 10.2. The number of hydrogen-bond acceptors (Lipinski definition) is 4. The number of para-hydroxylation sites is 1. The summed E-state index contributed by atoms with van der Waals surface area (Å²) in [5, 5.41) is 12.5. The number of carbonyl (C=O) groups is 1. The number of nitriles is 1. The van der Waals surface area contributed by atoms with Gasteiger partial charge in [-0.15, -0.1) is 0 Å². The van der Waals surface area contributed by atoms with Crippen LogP contribution in [0, 0.1) is 11.3 Å². The van der Waals surface area contributed by atoms with Crippen molar-refractivity contribution in [2.45, 2.75) is 0 Å². The lowest BCUT2D eigenvalue weighted by molar-refractivity contribution is 0.102. The van der Waals surface area contributed by atoms with Gasteiger partial charge < -0.3 is 5.32 Å². The molecule has 0 radical (unpaired) electrons. The zero-order valence-corrected chi connectivity index (χ0v) is 10.9. The minimum absolute atomic E-state index is 0.252. The van der Waals surface area contributed by atoms with Crippen molar-refractivity contribution in [1.82, 2.24) is 9.97 Å². The second-order valence-electron chi connectivity index (χ2n) is 4.38. The van der Waals surface area contributed by atoms with E-state index in [4.69, 9.17) is 5.26 Å². The fraction of sp³-hybridized carbons (Fsp3) is 0. The second kappa shape index (κ2) is 5.39. The van der Waals surface area contributed by atoms with Gasteiger partial charge in [-0.1, -0.05) is 18.2 Å². The van der Waals surface area contributed by atoms with Gasteiger partial charge in [0.25, 0.3) is 5.91 Å². The molecule has 0 fully saturated rings. The maximum Gasteiger partial charge on any atom is 0.274 e. The Morgan fingerprint density at radius 2 is 1.95 bits per heavy atom. The van der Waals surface area contributed by atoms with Gasteiger partial charge >= 0.3 is 0 Å². The lowest BCUT2D eigenvalue weighted by Gasteiger charge is -2.07. The van der Waals surface area contributed by atoms with Crippen LogP contribution in [0.25, 0.3) is 10.9 Å². The van der Waals surface area contributed by atoms with Crippen LogP contribution in [0.1, 0.15) is 16.1 Å². The van der Waals surface area contributed by atoms with Crippen LogP contribution < -0.4 is 5.32 Å². The average molecular weight is 274 g/mol.